The van der Waals surface area contributed by atoms with Crippen molar-refractivity contribution in [2.75, 3.05) is 19.0 Å². The van der Waals surface area contributed by atoms with Gasteiger partial charge in [0.15, 0.2) is 21.3 Å². The molecule has 14 nitrogen and oxygen atoms in total. The summed E-state index contributed by atoms with van der Waals surface area (Å²) >= 11 is 0. The van der Waals surface area contributed by atoms with Crippen molar-refractivity contribution >= 4 is 55.0 Å². The van der Waals surface area contributed by atoms with Gasteiger partial charge in [-0.15, -0.1) is 0 Å². The first-order valence-electron chi connectivity index (χ1n) is 27.6. The van der Waals surface area contributed by atoms with E-state index in [2.05, 4.69) is 117 Å². The molecule has 6 bridgehead atoms. The van der Waals surface area contributed by atoms with Crippen LogP contribution in [0.15, 0.2) is 106 Å². The van der Waals surface area contributed by atoms with Gasteiger partial charge in [0.05, 0.1) is 48.3 Å². The van der Waals surface area contributed by atoms with Crippen molar-refractivity contribution in [3.05, 3.63) is 91.0 Å². The molecule has 7 aliphatic rings. The molecule has 6 aliphatic carbocycles. The summed E-state index contributed by atoms with van der Waals surface area (Å²) in [5.41, 5.74) is -1.80. The van der Waals surface area contributed by atoms with Crippen molar-refractivity contribution in [1.29, 1.82) is 0 Å². The second-order valence-corrected chi connectivity index (χ2v) is 29.4. The number of hydrogen-bond acceptors (Lipinski definition) is 14. The number of hydrogen-bond donors (Lipinski definition) is 0. The highest BCUT2D eigenvalue weighted by Crippen LogP contribution is 2.62. The largest absolute Gasteiger partial charge is 0.748 e. The van der Waals surface area contributed by atoms with Gasteiger partial charge < -0.3 is 23.5 Å². The SMILES string of the molecule is CCC(C)(C)C(=O)OC1(C(C)C)C2CC3CC(C2)CC1C3.CCC(C)(C)C(=O)OCC(=O)OC1C2CC3C1OS(=O)(=O)C3C2.CCC(C)(C)C(=O)OCCS(=O)(=O)[O-].c1ccc([S+](c2ccccc2)c2ccccc2)cc1. The van der Waals surface area contributed by atoms with Crippen molar-refractivity contribution < 1.29 is 63.7 Å². The van der Waals surface area contributed by atoms with Crippen LogP contribution in [0.25, 0.3) is 0 Å². The number of carbonyl (C=O) groups excluding carboxylic acids is 4. The van der Waals surface area contributed by atoms with Crippen molar-refractivity contribution in [1.82, 2.24) is 0 Å². The minimum atomic E-state index is -4.30. The van der Waals surface area contributed by atoms with Crippen molar-refractivity contribution in [3.63, 3.8) is 0 Å². The van der Waals surface area contributed by atoms with Gasteiger partial charge in [-0.2, -0.15) is 8.42 Å². The van der Waals surface area contributed by atoms with Crippen LogP contribution in [0.2, 0.25) is 0 Å². The number of ether oxygens (including phenoxy) is 4. The Balaban J connectivity index is 0.000000169. The van der Waals surface area contributed by atoms with E-state index < -0.39 is 78.8 Å². The molecular weight excluding hydrogens is 1040 g/mol. The van der Waals surface area contributed by atoms with Gasteiger partial charge in [-0.3, -0.25) is 18.6 Å². The summed E-state index contributed by atoms with van der Waals surface area (Å²) < 4.78 is 80.8. The summed E-state index contributed by atoms with van der Waals surface area (Å²) in [6, 6.07) is 32.2. The predicted molar refractivity (Wildman–Crippen MR) is 295 cm³/mol. The average Bonchev–Trinajstić information content (AvgIpc) is 4.02. The summed E-state index contributed by atoms with van der Waals surface area (Å²) in [5.74, 6) is 1.20. The highest BCUT2D eigenvalue weighted by Gasteiger charge is 2.65. The molecule has 77 heavy (non-hydrogen) atoms. The highest BCUT2D eigenvalue weighted by molar-refractivity contribution is 7.97. The number of benzene rings is 3. The fraction of sp³-hybridized carbons (Fsp3) is 0.633. The van der Waals surface area contributed by atoms with E-state index in [1.54, 1.807) is 27.7 Å². The second-order valence-electron chi connectivity index (χ2n) is 24.1. The third-order valence-electron chi connectivity index (χ3n) is 17.4. The topological polar surface area (TPSA) is 206 Å². The Morgan fingerprint density at radius 3 is 1.51 bits per heavy atom. The molecule has 0 radical (unpaired) electrons. The molecule has 3 aromatic carbocycles. The molecule has 1 aliphatic heterocycles. The molecule has 6 saturated carbocycles. The molecule has 1 heterocycles. The van der Waals surface area contributed by atoms with Gasteiger partial charge in [-0.05, 0) is 172 Å². The molecule has 5 unspecified atom stereocenters. The third-order valence-corrected chi connectivity index (χ3v) is 22.1. The van der Waals surface area contributed by atoms with E-state index in [0.29, 0.717) is 43.4 Å². The Morgan fingerprint density at radius 1 is 0.662 bits per heavy atom. The molecule has 10 rings (SSSR count). The van der Waals surface area contributed by atoms with E-state index in [9.17, 15) is 40.6 Å². The normalized spacial score (nSPS) is 27.3. The summed E-state index contributed by atoms with van der Waals surface area (Å²) in [4.78, 5) is 51.9. The van der Waals surface area contributed by atoms with Crippen LogP contribution in [0.5, 0.6) is 0 Å². The zero-order chi connectivity index (χ0) is 56.7. The second kappa shape index (κ2) is 25.4. The Labute approximate surface area is 462 Å². The number of esters is 4. The molecule has 0 N–H and O–H groups in total. The van der Waals surface area contributed by atoms with Crippen LogP contribution in [0.4, 0.5) is 0 Å². The number of carbonyl (C=O) groups is 4. The smallest absolute Gasteiger partial charge is 0.344 e. The Morgan fingerprint density at radius 2 is 1.09 bits per heavy atom. The molecule has 426 valence electrons. The van der Waals surface area contributed by atoms with Gasteiger partial charge in [0.25, 0.3) is 10.1 Å². The molecule has 3 aromatic rings. The first-order valence-corrected chi connectivity index (χ1v) is 31.9. The molecule has 17 heteroatoms. The molecule has 7 fully saturated rings. The summed E-state index contributed by atoms with van der Waals surface area (Å²) in [7, 11) is -7.84. The predicted octanol–water partition coefficient (Wildman–Crippen LogP) is 11.1. The summed E-state index contributed by atoms with van der Waals surface area (Å²) in [6.45, 7) is 20.4. The number of rotatable bonds is 17. The summed E-state index contributed by atoms with van der Waals surface area (Å²) in [6.07, 6.45) is 8.72. The quantitative estimate of drug-likeness (QED) is 0.0405. The van der Waals surface area contributed by atoms with Crippen molar-refractivity contribution in [3.8, 4) is 0 Å². The molecule has 5 atom stereocenters. The molecule has 0 amide bonds. The van der Waals surface area contributed by atoms with Gasteiger partial charge >= 0.3 is 23.9 Å². The first-order chi connectivity index (χ1) is 36.1. The van der Waals surface area contributed by atoms with E-state index in [0.717, 1.165) is 18.3 Å². The first kappa shape index (κ1) is 61.9. The number of fused-ring (bicyclic) bond motifs is 1. The van der Waals surface area contributed by atoms with Crippen LogP contribution in [-0.2, 0) is 73.4 Å². The molecule has 1 saturated heterocycles. The van der Waals surface area contributed by atoms with Crippen LogP contribution in [-0.4, -0.2) is 87.3 Å². The van der Waals surface area contributed by atoms with Crippen molar-refractivity contribution in [2.24, 2.45) is 57.7 Å². The third kappa shape index (κ3) is 14.9. The summed E-state index contributed by atoms with van der Waals surface area (Å²) in [5, 5.41) is -0.448. The van der Waals surface area contributed by atoms with E-state index in [1.165, 1.54) is 46.8 Å². The fourth-order valence-corrected chi connectivity index (χ4v) is 16.2. The van der Waals surface area contributed by atoms with E-state index in [1.807, 2.05) is 27.7 Å². The maximum Gasteiger partial charge on any atom is 0.344 e. The Bertz CT molecular complexity index is 2570. The van der Waals surface area contributed by atoms with Gasteiger partial charge in [0.2, 0.25) is 0 Å². The lowest BCUT2D eigenvalue weighted by molar-refractivity contribution is -0.231. The zero-order valence-corrected chi connectivity index (χ0v) is 49.5. The zero-order valence-electron chi connectivity index (χ0n) is 47.1. The Hall–Kier alpha value is -4.29. The van der Waals surface area contributed by atoms with E-state index in [4.69, 9.17) is 18.4 Å². The van der Waals surface area contributed by atoms with E-state index in [-0.39, 0.29) is 46.3 Å². The lowest BCUT2D eigenvalue weighted by Gasteiger charge is -2.62. The van der Waals surface area contributed by atoms with Gasteiger partial charge in [-0.1, -0.05) is 89.2 Å². The minimum Gasteiger partial charge on any atom is -0.748 e. The Kier molecular flexibility index (Phi) is 20.5. The lowest BCUT2D eigenvalue weighted by Crippen LogP contribution is -2.63. The van der Waals surface area contributed by atoms with Crippen LogP contribution in [0.1, 0.15) is 140 Å². The van der Waals surface area contributed by atoms with E-state index >= 15 is 0 Å². The van der Waals surface area contributed by atoms with Crippen LogP contribution in [0.3, 0.4) is 0 Å². The van der Waals surface area contributed by atoms with Crippen LogP contribution < -0.4 is 0 Å². The minimum absolute atomic E-state index is 0.0130. The van der Waals surface area contributed by atoms with Gasteiger partial charge in [0, 0.05) is 11.8 Å². The maximum atomic E-state index is 12.8. The fourth-order valence-electron chi connectivity index (χ4n) is 11.9. The lowest BCUT2D eigenvalue weighted by atomic mass is 9.47. The van der Waals surface area contributed by atoms with Gasteiger partial charge in [0.1, 0.15) is 24.4 Å². The van der Waals surface area contributed by atoms with Crippen molar-refractivity contribution in [2.45, 2.75) is 178 Å². The van der Waals surface area contributed by atoms with Crippen LogP contribution in [0, 0.1) is 57.7 Å². The molecule has 0 aromatic heterocycles. The highest BCUT2D eigenvalue weighted by atomic mass is 32.2. The average molecular weight is 1130 g/mol. The standard InChI is InChI=1S/C19H32O2.C18H15S.C15H22O7S.C8H16O5S/c1-6-18(4,5)17(20)21-19(12(2)3)15-8-13-7-14(10-15)11-16(19)9-13;1-4-10-16(11-5-1)19(17-12-6-2-7-13-17)18-14-8-3-9-15-18;1-4-15(2,3)14(17)20-7-11(16)21-12-8-5-9-10(6-8)23(18,19)22-13(9)12;1-4-8(2,3)7(9)13-5-6-14(10,11)12/h12-16H,6-11H2,1-5H3;1-15H;8-10,12-13H,4-7H2,1-3H3;4-6H2,1-3H3,(H,10,11,12)/q;+1;;/p-1. The van der Waals surface area contributed by atoms with Gasteiger partial charge in [-0.25, -0.2) is 13.2 Å². The van der Waals surface area contributed by atoms with Crippen LogP contribution >= 0.6 is 0 Å². The molecular formula is C60H84O14S3. The monoisotopic (exact) mass is 1120 g/mol. The maximum absolute atomic E-state index is 12.8. The molecule has 0 spiro atoms.